The zero-order valence-corrected chi connectivity index (χ0v) is 60.3. The molecule has 2 saturated carbocycles. The van der Waals surface area contributed by atoms with Crippen LogP contribution >= 0.6 is 0 Å². The summed E-state index contributed by atoms with van der Waals surface area (Å²) in [6.07, 6.45) is 17.7. The Morgan fingerprint density at radius 1 is 0.532 bits per heavy atom. The monoisotopic (exact) mass is 1360 g/mol. The molecule has 0 aromatic heterocycles. The first-order chi connectivity index (χ1) is 43.5. The van der Waals surface area contributed by atoms with Gasteiger partial charge in [0.05, 0.1) is 96.4 Å². The molecule has 1 radical (unpaired) electrons. The van der Waals surface area contributed by atoms with Crippen LogP contribution in [0.5, 0.6) is 0 Å². The Kier molecular flexibility index (Phi) is 69.8. The molecule has 4 atom stereocenters. The summed E-state index contributed by atoms with van der Waals surface area (Å²) < 4.78 is 9.75. The van der Waals surface area contributed by atoms with Crippen molar-refractivity contribution in [3.63, 3.8) is 0 Å². The topological polar surface area (TPSA) is 524 Å². The van der Waals surface area contributed by atoms with Crippen molar-refractivity contribution in [1.82, 2.24) is 0 Å². The molecule has 20 N–H and O–H groups in total. The molecule has 2 aliphatic carbocycles. The van der Waals surface area contributed by atoms with E-state index in [0.717, 1.165) is 83.6 Å². The zero-order chi connectivity index (χ0) is 73.0. The average molecular weight is 1370 g/mol. The first-order valence-electron chi connectivity index (χ1n) is 31.6. The van der Waals surface area contributed by atoms with Gasteiger partial charge < -0.3 is 98.2 Å². The minimum atomic E-state index is -1.06. The number of isocyanates is 2. The van der Waals surface area contributed by atoms with Crippen LogP contribution in [-0.4, -0.2) is 261 Å². The Balaban J connectivity index is -0.000000183. The second-order valence-corrected chi connectivity index (χ2v) is 25.9. The van der Waals surface area contributed by atoms with Crippen LogP contribution in [0.25, 0.3) is 0 Å². The van der Waals surface area contributed by atoms with Gasteiger partial charge in [-0.25, -0.2) is 29.2 Å². The quantitative estimate of drug-likeness (QED) is 0.0193. The number of carboxylic acids is 5. The fourth-order valence-electron chi connectivity index (χ4n) is 9.43. The molecule has 547 valence electrons. The maximum atomic E-state index is 10.3. The molecule has 2 fully saturated rings. The number of unbranched alkanes of at least 4 members (excludes halogenated alkanes) is 6. The number of aliphatic carboxylic acids is 3. The van der Waals surface area contributed by atoms with Crippen molar-refractivity contribution < 1.29 is 115 Å². The summed E-state index contributed by atoms with van der Waals surface area (Å²) in [4.78, 5) is 78.4. The van der Waals surface area contributed by atoms with Crippen LogP contribution in [0.3, 0.4) is 0 Å². The van der Waals surface area contributed by atoms with Crippen LogP contribution in [0.4, 0.5) is 0 Å². The van der Waals surface area contributed by atoms with Gasteiger partial charge in [0.25, 0.3) is 0 Å². The molecule has 0 heterocycles. The number of nitrogens with two attached hydrogens (primary N) is 3. The van der Waals surface area contributed by atoms with Crippen LogP contribution in [0.2, 0.25) is 0 Å². The Labute approximate surface area is 580 Å². The van der Waals surface area contributed by atoms with E-state index in [1.807, 2.05) is 6.92 Å². The molecular formula is C65H123N5NaO23. The molecule has 28 nitrogen and oxygen atoms in total. The van der Waals surface area contributed by atoms with E-state index in [-0.39, 0.29) is 147 Å². The molecule has 4 unspecified atom stereocenters. The van der Waals surface area contributed by atoms with E-state index in [1.54, 1.807) is 26.0 Å². The van der Waals surface area contributed by atoms with Crippen LogP contribution in [-0.2, 0) is 33.4 Å². The average Bonchev–Trinajstić information content (AvgIpc) is 0.824. The maximum Gasteiger partial charge on any atom is 0.335 e. The third-order valence-corrected chi connectivity index (χ3v) is 14.2. The van der Waals surface area contributed by atoms with Gasteiger partial charge in [0, 0.05) is 78.9 Å². The number of aliphatic imine (C=N–C) groups is 2. The molecule has 3 rings (SSSR count). The number of rotatable bonds is 34. The molecular weight excluding hydrogens is 1240 g/mol. The van der Waals surface area contributed by atoms with Crippen molar-refractivity contribution in [2.75, 3.05) is 106 Å². The van der Waals surface area contributed by atoms with Gasteiger partial charge in [-0.05, 0) is 142 Å². The normalized spacial score (nSPS) is 17.8. The van der Waals surface area contributed by atoms with Gasteiger partial charge in [0.2, 0.25) is 12.2 Å². The summed E-state index contributed by atoms with van der Waals surface area (Å²) >= 11 is 0. The minimum absolute atomic E-state index is 0. The number of carboxylic acid groups (broad SMARTS) is 5. The summed E-state index contributed by atoms with van der Waals surface area (Å²) in [5, 5.41) is 117. The largest absolute Gasteiger partial charge is 0.481 e. The van der Waals surface area contributed by atoms with Gasteiger partial charge >= 0.3 is 29.8 Å². The second kappa shape index (κ2) is 63.5. The number of hydrogen-bond acceptors (Lipinski definition) is 23. The Bertz CT molecular complexity index is 2040. The zero-order valence-electron chi connectivity index (χ0n) is 58.3. The Morgan fingerprint density at radius 2 is 0.915 bits per heavy atom. The molecule has 0 saturated heterocycles. The van der Waals surface area contributed by atoms with E-state index >= 15 is 0 Å². The summed E-state index contributed by atoms with van der Waals surface area (Å²) in [5.41, 5.74) is 16.9. The molecule has 1 aromatic rings. The molecule has 1 aromatic carbocycles. The SMILES string of the molecule is CC(C)(CO)CO.CC1(C)CC(N)CC(C)(CN)C1.CC1(C)CC(N=C=O)CC(C)(CN=C=O)C1.CCC(CO)(CO)CO.NCCCCCC(=O)O.O=C(O)CCCCC(=O)O.O=C(O)c1ccc(C(=O)O)cc1.OCCCCCCO.OCCOCCOCCO.[Na]. The number of carbonyl (C=O) groups is 5. The number of aromatic carboxylic acids is 2. The van der Waals surface area contributed by atoms with Gasteiger partial charge in [0.1, 0.15) is 0 Å². The number of hydrogen-bond donors (Lipinski definition) is 17. The van der Waals surface area contributed by atoms with Gasteiger partial charge in [-0.2, -0.15) is 0 Å². The van der Waals surface area contributed by atoms with E-state index < -0.39 is 35.3 Å². The van der Waals surface area contributed by atoms with Crippen molar-refractivity contribution in [3.05, 3.63) is 35.4 Å². The first-order valence-corrected chi connectivity index (χ1v) is 31.6. The number of aliphatic hydroxyl groups is 9. The van der Waals surface area contributed by atoms with Crippen LogP contribution < -0.4 is 17.2 Å². The Hall–Kier alpha value is -4.23. The molecule has 0 bridgehead atoms. The van der Waals surface area contributed by atoms with Crippen molar-refractivity contribution in [1.29, 1.82) is 0 Å². The summed E-state index contributed by atoms with van der Waals surface area (Å²) in [6, 6.07) is 5.38. The molecule has 29 heteroatoms. The number of nitrogens with zero attached hydrogens (tertiary/aromatic N) is 2. The van der Waals surface area contributed by atoms with E-state index in [1.165, 1.54) is 30.7 Å². The van der Waals surface area contributed by atoms with Crippen LogP contribution in [0, 0.1) is 32.5 Å². The third-order valence-electron chi connectivity index (χ3n) is 14.2. The molecule has 0 spiro atoms. The smallest absolute Gasteiger partial charge is 0.335 e. The fraction of sp³-hybridized carbons (Fsp3) is 0.800. The van der Waals surface area contributed by atoms with Gasteiger partial charge in [-0.15, -0.1) is 0 Å². The fourth-order valence-corrected chi connectivity index (χ4v) is 9.43. The first kappa shape index (κ1) is 103. The van der Waals surface area contributed by atoms with E-state index in [2.05, 4.69) is 51.5 Å². The molecule has 0 amide bonds. The van der Waals surface area contributed by atoms with Crippen molar-refractivity contribution in [2.24, 2.45) is 59.7 Å². The van der Waals surface area contributed by atoms with Gasteiger partial charge in [0.15, 0.2) is 0 Å². The number of aliphatic hydroxyl groups excluding tert-OH is 9. The minimum Gasteiger partial charge on any atom is -0.481 e. The van der Waals surface area contributed by atoms with Crippen molar-refractivity contribution >= 4 is 71.6 Å². The summed E-state index contributed by atoms with van der Waals surface area (Å²) in [6.45, 7) is 22.5. The molecule has 0 aliphatic heterocycles. The van der Waals surface area contributed by atoms with Crippen molar-refractivity contribution in [3.8, 4) is 0 Å². The van der Waals surface area contributed by atoms with E-state index in [4.69, 9.17) is 98.2 Å². The predicted octanol–water partition coefficient (Wildman–Crippen LogP) is 4.63. The number of benzene rings is 1. The maximum absolute atomic E-state index is 10.3. The molecule has 94 heavy (non-hydrogen) atoms. The second-order valence-electron chi connectivity index (χ2n) is 25.9. The van der Waals surface area contributed by atoms with E-state index in [0.29, 0.717) is 70.2 Å². The summed E-state index contributed by atoms with van der Waals surface area (Å²) in [5.74, 6) is -4.58. The number of ether oxygens (including phenoxy) is 2. The van der Waals surface area contributed by atoms with Crippen LogP contribution in [0.1, 0.15) is 205 Å². The van der Waals surface area contributed by atoms with Crippen LogP contribution in [0.15, 0.2) is 34.3 Å². The van der Waals surface area contributed by atoms with Crippen molar-refractivity contribution in [2.45, 2.75) is 196 Å². The molecule has 2 aliphatic rings. The standard InChI is InChI=1S/C12H18N2O2.C10H22N2.C8H6O4.C6H13NO2.C6H14O4.C6H10O4.C6H14O3.C6H14O2.C5H12O2.Na/c1-11(2)4-10(14-9-16)5-12(3,6-11)7-13-8-15;1-9(2)4-8(12)5-10(3,6-9)7-11;9-7(10)5-1-2-6(4-3-5)8(11)12;7-5-3-1-2-4-6(8)9;7-1-3-9-5-6-10-4-2-8;7-5(8)3-1-2-4-6(9)10;1-2-6(3-7,4-8)5-9;7-5-3-1-2-4-6-8;1-5(2,3-6)4-7;/h10H,4-7H2,1-3H3;8H,4-7,11-12H2,1-3H3;1-4H,(H,9,10)(H,11,12);1-5,7H2,(H,8,9);7-8H,1-6H2;1-4H2,(H,7,8)(H,9,10);7-9H,2-5H2,1H3;7-8H,1-6H2;6-7H,3-4H2,1-2H3;. The summed E-state index contributed by atoms with van der Waals surface area (Å²) in [7, 11) is 0. The van der Waals surface area contributed by atoms with Gasteiger partial charge in [-0.3, -0.25) is 14.4 Å². The van der Waals surface area contributed by atoms with E-state index in [9.17, 15) is 33.6 Å². The van der Waals surface area contributed by atoms with Gasteiger partial charge in [-0.1, -0.05) is 81.6 Å². The number of carbonyl (C=O) groups excluding carboxylic acids is 2. The third kappa shape index (κ3) is 66.4. The Morgan fingerprint density at radius 3 is 1.19 bits per heavy atom. The predicted molar refractivity (Wildman–Crippen MR) is 359 cm³/mol.